The Hall–Kier alpha value is -2.75. The normalized spacial score (nSPS) is 25.3. The van der Waals surface area contributed by atoms with Gasteiger partial charge in [0.25, 0.3) is 0 Å². The molecule has 0 bridgehead atoms. The molecule has 6 rings (SSSR count). The minimum Gasteiger partial charge on any atom is -0.385 e. The standard InChI is InChI=1S/C28H35ClN6O3/c1-16-10-12-17(13-11-16)15-35-22-21(19-8-5-9-20(29)14-19)30-25(26-33-28(37)38-34-26)31-24(22)32-27(35)23(36)18-6-3-2-4-7-18/h5,8-9,14,16-18,23,26,34,36H,2-4,6-7,10-13,15H2,1H3,(H,33,37). The van der Waals surface area contributed by atoms with Crippen LogP contribution < -0.4 is 10.8 Å². The van der Waals surface area contributed by atoms with Gasteiger partial charge in [-0.25, -0.2) is 19.7 Å². The van der Waals surface area contributed by atoms with Gasteiger partial charge >= 0.3 is 6.09 Å². The minimum atomic E-state index is -0.707. The van der Waals surface area contributed by atoms with Gasteiger partial charge in [0.1, 0.15) is 23.1 Å². The molecule has 1 saturated heterocycles. The van der Waals surface area contributed by atoms with Crippen LogP contribution in [-0.2, 0) is 11.4 Å². The topological polar surface area (TPSA) is 114 Å². The number of carbonyl (C=O) groups is 1. The first-order chi connectivity index (χ1) is 18.5. The zero-order chi connectivity index (χ0) is 26.2. The quantitative estimate of drug-likeness (QED) is 0.361. The average molecular weight is 539 g/mol. The summed E-state index contributed by atoms with van der Waals surface area (Å²) in [6.07, 6.45) is 8.25. The van der Waals surface area contributed by atoms with Crippen LogP contribution in [0.1, 0.15) is 88.6 Å². The smallest absolute Gasteiger partial charge is 0.385 e. The molecule has 1 amide bonds. The van der Waals surface area contributed by atoms with E-state index in [1.165, 1.54) is 19.3 Å². The number of fused-ring (bicyclic) bond motifs is 1. The van der Waals surface area contributed by atoms with Gasteiger partial charge in [-0.05, 0) is 55.6 Å². The van der Waals surface area contributed by atoms with E-state index < -0.39 is 18.4 Å². The third-order valence-corrected chi connectivity index (χ3v) is 8.71. The molecule has 1 aliphatic heterocycles. The van der Waals surface area contributed by atoms with E-state index in [9.17, 15) is 9.90 Å². The Morgan fingerprint density at radius 3 is 2.61 bits per heavy atom. The molecule has 3 N–H and O–H groups in total. The number of aliphatic hydroxyl groups is 1. The molecule has 10 heteroatoms. The average Bonchev–Trinajstić information content (AvgIpc) is 3.53. The summed E-state index contributed by atoms with van der Waals surface area (Å²) < 4.78 is 2.19. The number of aliphatic hydroxyl groups excluding tert-OH is 1. The molecule has 3 heterocycles. The lowest BCUT2D eigenvalue weighted by molar-refractivity contribution is 0.0730. The number of rotatable bonds is 6. The second-order valence-corrected chi connectivity index (χ2v) is 11.7. The van der Waals surface area contributed by atoms with E-state index in [4.69, 9.17) is 31.4 Å². The summed E-state index contributed by atoms with van der Waals surface area (Å²) in [5.74, 6) is 2.43. The van der Waals surface area contributed by atoms with Crippen molar-refractivity contribution in [1.29, 1.82) is 0 Å². The summed E-state index contributed by atoms with van der Waals surface area (Å²) in [4.78, 5) is 31.3. The van der Waals surface area contributed by atoms with Crippen LogP contribution in [-0.4, -0.2) is 30.7 Å². The molecule has 2 aromatic heterocycles. The first kappa shape index (κ1) is 25.5. The van der Waals surface area contributed by atoms with E-state index in [0.29, 0.717) is 33.9 Å². The SMILES string of the molecule is CC1CCC(Cn2c(C(O)C3CCCCC3)nc3nc(C4NOC(=O)N4)nc(-c4cccc(Cl)c4)c32)CC1. The highest BCUT2D eigenvalue weighted by molar-refractivity contribution is 6.30. The van der Waals surface area contributed by atoms with Crippen molar-refractivity contribution in [2.24, 2.45) is 17.8 Å². The Balaban J connectivity index is 1.51. The van der Waals surface area contributed by atoms with Crippen LogP contribution in [0.3, 0.4) is 0 Å². The van der Waals surface area contributed by atoms with Crippen molar-refractivity contribution in [3.8, 4) is 11.3 Å². The molecule has 0 radical (unpaired) electrons. The summed E-state index contributed by atoms with van der Waals surface area (Å²) in [5.41, 5.74) is 5.45. The van der Waals surface area contributed by atoms with Gasteiger partial charge in [-0.2, -0.15) is 0 Å². The Morgan fingerprint density at radius 2 is 1.89 bits per heavy atom. The molecule has 38 heavy (non-hydrogen) atoms. The van der Waals surface area contributed by atoms with Crippen LogP contribution in [0.5, 0.6) is 0 Å². The Kier molecular flexibility index (Phi) is 7.24. The van der Waals surface area contributed by atoms with Crippen LogP contribution in [0, 0.1) is 17.8 Å². The fourth-order valence-corrected chi connectivity index (χ4v) is 6.47. The van der Waals surface area contributed by atoms with Crippen molar-refractivity contribution in [3.63, 3.8) is 0 Å². The van der Waals surface area contributed by atoms with Crippen molar-refractivity contribution in [2.45, 2.75) is 83.5 Å². The maximum atomic E-state index is 11.7. The van der Waals surface area contributed by atoms with Crippen LogP contribution in [0.25, 0.3) is 22.4 Å². The molecule has 2 aliphatic carbocycles. The van der Waals surface area contributed by atoms with Gasteiger partial charge in [-0.3, -0.25) is 5.32 Å². The summed E-state index contributed by atoms with van der Waals surface area (Å²) in [7, 11) is 0. The maximum absolute atomic E-state index is 11.7. The molecule has 3 aliphatic rings. The number of amides is 1. The molecule has 1 aromatic carbocycles. The maximum Gasteiger partial charge on any atom is 0.427 e. The third kappa shape index (κ3) is 5.11. The van der Waals surface area contributed by atoms with Crippen molar-refractivity contribution in [3.05, 3.63) is 40.9 Å². The zero-order valence-corrected chi connectivity index (χ0v) is 22.5. The van der Waals surface area contributed by atoms with Crippen LogP contribution in [0.15, 0.2) is 24.3 Å². The lowest BCUT2D eigenvalue weighted by atomic mass is 9.82. The summed E-state index contributed by atoms with van der Waals surface area (Å²) >= 11 is 6.40. The van der Waals surface area contributed by atoms with Crippen LogP contribution in [0.4, 0.5) is 4.79 Å². The highest BCUT2D eigenvalue weighted by Crippen LogP contribution is 2.39. The summed E-state index contributed by atoms with van der Waals surface area (Å²) in [6, 6.07) is 7.56. The Bertz CT molecular complexity index is 1320. The molecular formula is C28H35ClN6O3. The second kappa shape index (κ2) is 10.8. The Morgan fingerprint density at radius 1 is 1.11 bits per heavy atom. The molecule has 2 atom stereocenters. The van der Waals surface area contributed by atoms with E-state index >= 15 is 0 Å². The fraction of sp³-hybridized carbons (Fsp3) is 0.571. The van der Waals surface area contributed by atoms with Gasteiger partial charge in [0.05, 0.1) is 0 Å². The van der Waals surface area contributed by atoms with Gasteiger partial charge in [0, 0.05) is 17.1 Å². The molecule has 202 valence electrons. The number of imidazole rings is 1. The minimum absolute atomic E-state index is 0.178. The second-order valence-electron chi connectivity index (χ2n) is 11.2. The monoisotopic (exact) mass is 538 g/mol. The first-order valence-electron chi connectivity index (χ1n) is 13.9. The number of hydrogen-bond donors (Lipinski definition) is 3. The van der Waals surface area contributed by atoms with E-state index in [0.717, 1.165) is 62.1 Å². The molecule has 9 nitrogen and oxygen atoms in total. The molecule has 3 fully saturated rings. The number of hydrogen-bond acceptors (Lipinski definition) is 7. The van der Waals surface area contributed by atoms with Gasteiger partial charge in [0.15, 0.2) is 17.6 Å². The van der Waals surface area contributed by atoms with Crippen LogP contribution in [0.2, 0.25) is 5.02 Å². The number of nitrogens with one attached hydrogen (secondary N) is 2. The largest absolute Gasteiger partial charge is 0.427 e. The number of hydroxylamine groups is 1. The predicted molar refractivity (Wildman–Crippen MR) is 144 cm³/mol. The number of nitrogens with zero attached hydrogens (tertiary/aromatic N) is 4. The summed E-state index contributed by atoms with van der Waals surface area (Å²) in [6.45, 7) is 3.09. The van der Waals surface area contributed by atoms with Crippen molar-refractivity contribution < 1.29 is 14.7 Å². The highest BCUT2D eigenvalue weighted by atomic mass is 35.5. The van der Waals surface area contributed by atoms with Crippen molar-refractivity contribution >= 4 is 28.9 Å². The predicted octanol–water partition coefficient (Wildman–Crippen LogP) is 5.83. The van der Waals surface area contributed by atoms with Crippen LogP contribution >= 0.6 is 11.6 Å². The molecule has 2 unspecified atom stereocenters. The molecule has 3 aromatic rings. The van der Waals surface area contributed by atoms with Gasteiger partial charge in [-0.15, -0.1) is 5.48 Å². The van der Waals surface area contributed by atoms with Crippen molar-refractivity contribution in [2.75, 3.05) is 0 Å². The lowest BCUT2D eigenvalue weighted by Gasteiger charge is -2.30. The van der Waals surface area contributed by atoms with Gasteiger partial charge in [-0.1, -0.05) is 62.8 Å². The Labute approximate surface area is 227 Å². The van der Waals surface area contributed by atoms with Gasteiger partial charge in [0.2, 0.25) is 0 Å². The number of benzene rings is 1. The zero-order valence-electron chi connectivity index (χ0n) is 21.7. The number of halogens is 1. The van der Waals surface area contributed by atoms with Gasteiger partial charge < -0.3 is 14.5 Å². The number of aromatic nitrogens is 4. The molecule has 0 spiro atoms. The van der Waals surface area contributed by atoms with E-state index in [1.54, 1.807) is 0 Å². The molecule has 2 saturated carbocycles. The lowest BCUT2D eigenvalue weighted by Crippen LogP contribution is -2.25. The highest BCUT2D eigenvalue weighted by Gasteiger charge is 2.33. The molecular weight excluding hydrogens is 504 g/mol. The van der Waals surface area contributed by atoms with E-state index in [2.05, 4.69) is 22.3 Å². The summed E-state index contributed by atoms with van der Waals surface area (Å²) in [5, 5.41) is 15.0. The third-order valence-electron chi connectivity index (χ3n) is 8.47. The number of carbonyl (C=O) groups excluding carboxylic acids is 1. The van der Waals surface area contributed by atoms with E-state index in [-0.39, 0.29) is 5.92 Å². The van der Waals surface area contributed by atoms with Crippen molar-refractivity contribution in [1.82, 2.24) is 30.3 Å². The fourth-order valence-electron chi connectivity index (χ4n) is 6.28. The van der Waals surface area contributed by atoms with E-state index in [1.807, 2.05) is 24.3 Å². The first-order valence-corrected chi connectivity index (χ1v) is 14.3.